The predicted molar refractivity (Wildman–Crippen MR) is 125 cm³/mol. The average molecular weight is 519 g/mol. The van der Waals surface area contributed by atoms with Gasteiger partial charge in [-0.1, -0.05) is 6.07 Å². The SMILES string of the molecule is CS(=O)(=O)c1ccc(-n2ncc3c(OC4CCN(c5cccc(C(F)(F)F)n5)CC4)ncnc32)cc1. The van der Waals surface area contributed by atoms with Gasteiger partial charge < -0.3 is 9.64 Å². The molecule has 9 nitrogen and oxygen atoms in total. The molecule has 0 unspecified atom stereocenters. The minimum atomic E-state index is -4.49. The highest BCUT2D eigenvalue weighted by Gasteiger charge is 2.33. The monoisotopic (exact) mass is 518 g/mol. The lowest BCUT2D eigenvalue weighted by molar-refractivity contribution is -0.141. The molecule has 1 aliphatic heterocycles. The molecule has 5 rings (SSSR count). The molecule has 1 aliphatic rings. The molecule has 0 saturated carbocycles. The number of sulfone groups is 1. The molecule has 0 radical (unpaired) electrons. The van der Waals surface area contributed by atoms with E-state index >= 15 is 0 Å². The molecule has 0 amide bonds. The molecule has 3 aromatic heterocycles. The Morgan fingerprint density at radius 3 is 2.42 bits per heavy atom. The summed E-state index contributed by atoms with van der Waals surface area (Å²) in [6, 6.07) is 10.2. The molecular weight excluding hydrogens is 497 g/mol. The zero-order valence-corrected chi connectivity index (χ0v) is 19.9. The lowest BCUT2D eigenvalue weighted by Crippen LogP contribution is -2.39. The summed E-state index contributed by atoms with van der Waals surface area (Å²) in [5.74, 6) is 0.644. The molecule has 0 bridgehead atoms. The number of benzene rings is 1. The van der Waals surface area contributed by atoms with E-state index in [2.05, 4.69) is 20.1 Å². The summed E-state index contributed by atoms with van der Waals surface area (Å²) >= 11 is 0. The number of nitrogens with zero attached hydrogens (tertiary/aromatic N) is 6. The second kappa shape index (κ2) is 9.04. The second-order valence-electron chi connectivity index (χ2n) is 8.42. The van der Waals surface area contributed by atoms with Crippen LogP contribution < -0.4 is 9.64 Å². The first kappa shape index (κ1) is 24.0. The van der Waals surface area contributed by atoms with E-state index in [4.69, 9.17) is 4.74 Å². The van der Waals surface area contributed by atoms with Crippen molar-refractivity contribution in [1.82, 2.24) is 24.7 Å². The third kappa shape index (κ3) is 4.83. The number of anilines is 1. The van der Waals surface area contributed by atoms with Crippen LogP contribution in [0.5, 0.6) is 5.88 Å². The number of piperidine rings is 1. The third-order valence-electron chi connectivity index (χ3n) is 5.91. The summed E-state index contributed by atoms with van der Waals surface area (Å²) in [4.78, 5) is 14.3. The van der Waals surface area contributed by atoms with Crippen molar-refractivity contribution in [3.63, 3.8) is 0 Å². The lowest BCUT2D eigenvalue weighted by atomic mass is 10.1. The molecule has 4 aromatic rings. The smallest absolute Gasteiger partial charge is 0.433 e. The molecule has 0 spiro atoms. The number of halogens is 3. The topological polar surface area (TPSA) is 103 Å². The van der Waals surface area contributed by atoms with E-state index in [1.165, 1.54) is 24.5 Å². The fourth-order valence-electron chi connectivity index (χ4n) is 4.06. The molecule has 0 aliphatic carbocycles. The molecule has 1 fully saturated rings. The normalized spacial score (nSPS) is 15.4. The third-order valence-corrected chi connectivity index (χ3v) is 7.04. The quantitative estimate of drug-likeness (QED) is 0.394. The van der Waals surface area contributed by atoms with E-state index in [-0.39, 0.29) is 16.8 Å². The first-order valence-electron chi connectivity index (χ1n) is 11.0. The van der Waals surface area contributed by atoms with Gasteiger partial charge in [-0.15, -0.1) is 0 Å². The van der Waals surface area contributed by atoms with Gasteiger partial charge in [-0.3, -0.25) is 0 Å². The zero-order chi connectivity index (χ0) is 25.5. The van der Waals surface area contributed by atoms with Crippen LogP contribution >= 0.6 is 0 Å². The second-order valence-corrected chi connectivity index (χ2v) is 10.4. The number of aromatic nitrogens is 5. The van der Waals surface area contributed by atoms with Crippen LogP contribution in [0.25, 0.3) is 16.7 Å². The van der Waals surface area contributed by atoms with Crippen LogP contribution in [0.4, 0.5) is 19.0 Å². The van der Waals surface area contributed by atoms with Gasteiger partial charge in [-0.2, -0.15) is 18.3 Å². The van der Waals surface area contributed by atoms with E-state index < -0.39 is 21.7 Å². The molecule has 4 heterocycles. The van der Waals surface area contributed by atoms with Crippen molar-refractivity contribution in [3.05, 3.63) is 60.7 Å². The Balaban J connectivity index is 1.30. The standard InChI is InChI=1S/C23H21F3N6O3S/c1-36(33,34)17-7-5-15(6-8-17)32-21-18(13-29-32)22(28-14-27-21)35-16-9-11-31(12-10-16)20-4-2-3-19(30-20)23(24,25)26/h2-8,13-14,16H,9-12H2,1H3. The van der Waals surface area contributed by atoms with Crippen molar-refractivity contribution in [2.24, 2.45) is 0 Å². The molecule has 188 valence electrons. The zero-order valence-electron chi connectivity index (χ0n) is 19.1. The summed E-state index contributed by atoms with van der Waals surface area (Å²) in [5.41, 5.74) is 0.214. The Bertz CT molecular complexity index is 1500. The van der Waals surface area contributed by atoms with Gasteiger partial charge in [-0.05, 0) is 36.4 Å². The number of hydrogen-bond donors (Lipinski definition) is 0. The van der Waals surface area contributed by atoms with Gasteiger partial charge in [0.05, 0.1) is 16.8 Å². The molecule has 1 aromatic carbocycles. The van der Waals surface area contributed by atoms with Crippen molar-refractivity contribution in [2.45, 2.75) is 30.0 Å². The van der Waals surface area contributed by atoms with E-state index in [0.717, 1.165) is 12.3 Å². The largest absolute Gasteiger partial charge is 0.474 e. The van der Waals surface area contributed by atoms with Gasteiger partial charge in [0, 0.05) is 32.2 Å². The van der Waals surface area contributed by atoms with Gasteiger partial charge >= 0.3 is 6.18 Å². The van der Waals surface area contributed by atoms with Crippen molar-refractivity contribution in [2.75, 3.05) is 24.2 Å². The average Bonchev–Trinajstić information content (AvgIpc) is 3.29. The Morgan fingerprint density at radius 2 is 1.75 bits per heavy atom. The summed E-state index contributed by atoms with van der Waals surface area (Å²) in [5, 5.41) is 4.96. The molecule has 36 heavy (non-hydrogen) atoms. The summed E-state index contributed by atoms with van der Waals surface area (Å²) in [7, 11) is -3.32. The van der Waals surface area contributed by atoms with Gasteiger partial charge in [-0.25, -0.2) is 28.1 Å². The maximum Gasteiger partial charge on any atom is 0.433 e. The fraction of sp³-hybridized carbons (Fsp3) is 0.304. The van der Waals surface area contributed by atoms with Crippen LogP contribution in [0, 0.1) is 0 Å². The Morgan fingerprint density at radius 1 is 1.03 bits per heavy atom. The first-order valence-corrected chi connectivity index (χ1v) is 12.9. The molecule has 1 saturated heterocycles. The lowest BCUT2D eigenvalue weighted by Gasteiger charge is -2.33. The van der Waals surface area contributed by atoms with Crippen LogP contribution in [-0.4, -0.2) is 58.6 Å². The molecule has 13 heteroatoms. The van der Waals surface area contributed by atoms with Gasteiger partial charge in [0.25, 0.3) is 0 Å². The number of alkyl halides is 3. The van der Waals surface area contributed by atoms with Crippen molar-refractivity contribution >= 4 is 26.7 Å². The van der Waals surface area contributed by atoms with Gasteiger partial charge in [0.15, 0.2) is 15.5 Å². The number of ether oxygens (including phenoxy) is 1. The summed E-state index contributed by atoms with van der Waals surface area (Å²) in [6.45, 7) is 0.971. The van der Waals surface area contributed by atoms with E-state index in [1.54, 1.807) is 29.1 Å². The number of rotatable bonds is 5. The Labute approximate surface area is 204 Å². The van der Waals surface area contributed by atoms with Crippen molar-refractivity contribution in [1.29, 1.82) is 0 Å². The van der Waals surface area contributed by atoms with Crippen molar-refractivity contribution in [3.8, 4) is 11.6 Å². The summed E-state index contributed by atoms with van der Waals surface area (Å²) < 4.78 is 70.1. The predicted octanol–water partition coefficient (Wildman–Crippen LogP) is 3.68. The Kier molecular flexibility index (Phi) is 6.02. The molecule has 0 atom stereocenters. The fourth-order valence-corrected chi connectivity index (χ4v) is 4.69. The molecular formula is C23H21F3N6O3S. The maximum atomic E-state index is 13.0. The van der Waals surface area contributed by atoms with Gasteiger partial charge in [0.1, 0.15) is 29.3 Å². The van der Waals surface area contributed by atoms with E-state index in [1.807, 2.05) is 4.90 Å². The number of hydrogen-bond acceptors (Lipinski definition) is 8. The van der Waals surface area contributed by atoms with Crippen LogP contribution in [0.1, 0.15) is 18.5 Å². The Hall–Kier alpha value is -3.74. The maximum absolute atomic E-state index is 13.0. The highest BCUT2D eigenvalue weighted by molar-refractivity contribution is 7.90. The highest BCUT2D eigenvalue weighted by Crippen LogP contribution is 2.31. The summed E-state index contributed by atoms with van der Waals surface area (Å²) in [6.07, 6.45) is 0.551. The van der Waals surface area contributed by atoms with E-state index in [0.29, 0.717) is 48.5 Å². The van der Waals surface area contributed by atoms with E-state index in [9.17, 15) is 21.6 Å². The highest BCUT2D eigenvalue weighted by atomic mass is 32.2. The van der Waals surface area contributed by atoms with Crippen molar-refractivity contribution < 1.29 is 26.3 Å². The van der Waals surface area contributed by atoms with Crippen LogP contribution in [0.2, 0.25) is 0 Å². The number of pyridine rings is 1. The van der Waals surface area contributed by atoms with Crippen LogP contribution in [-0.2, 0) is 16.0 Å². The molecule has 0 N–H and O–H groups in total. The minimum absolute atomic E-state index is 0.192. The van der Waals surface area contributed by atoms with Crippen LogP contribution in [0.3, 0.4) is 0 Å². The van der Waals surface area contributed by atoms with Crippen LogP contribution in [0.15, 0.2) is 59.9 Å². The minimum Gasteiger partial charge on any atom is -0.474 e. The first-order chi connectivity index (χ1) is 17.1. The number of fused-ring (bicyclic) bond motifs is 1. The van der Waals surface area contributed by atoms with Gasteiger partial charge in [0.2, 0.25) is 5.88 Å².